The van der Waals surface area contributed by atoms with E-state index in [1.54, 1.807) is 6.07 Å². The number of hydrogen-bond acceptors (Lipinski definition) is 4. The number of sulfonamides is 1. The minimum Gasteiger partial charge on any atom is -0.496 e. The minimum atomic E-state index is -3.44. The number of hydrogen-bond donors (Lipinski definition) is 2. The zero-order valence-corrected chi connectivity index (χ0v) is 10.9. The predicted octanol–water partition coefficient (Wildman–Crippen LogP) is 0.842. The molecule has 0 spiro atoms. The summed E-state index contributed by atoms with van der Waals surface area (Å²) < 4.78 is 31.3. The zero-order chi connectivity index (χ0) is 12.9. The van der Waals surface area contributed by atoms with E-state index < -0.39 is 10.0 Å². The van der Waals surface area contributed by atoms with Crippen LogP contribution in [0.5, 0.6) is 5.75 Å². The predicted molar refractivity (Wildman–Crippen MR) is 66.4 cm³/mol. The molecule has 0 aliphatic heterocycles. The van der Waals surface area contributed by atoms with Gasteiger partial charge in [0.15, 0.2) is 0 Å². The Morgan fingerprint density at radius 2 is 2.12 bits per heavy atom. The maximum absolute atomic E-state index is 11.9. The number of methoxy groups -OCH3 is 1. The Morgan fingerprint density at radius 3 is 2.65 bits per heavy atom. The Bertz CT molecular complexity index is 472. The maximum Gasteiger partial charge on any atom is 0.240 e. The molecular weight excluding hydrogens is 240 g/mol. The summed E-state index contributed by atoms with van der Waals surface area (Å²) in [5.74, 6) is 0.599. The summed E-state index contributed by atoms with van der Waals surface area (Å²) in [5.41, 5.74) is 6.22. The van der Waals surface area contributed by atoms with Crippen LogP contribution in [0.2, 0.25) is 0 Å². The summed E-state index contributed by atoms with van der Waals surface area (Å²) in [7, 11) is -1.92. The third-order valence-corrected chi connectivity index (χ3v) is 3.78. The Labute approximate surface area is 102 Å². The Morgan fingerprint density at radius 1 is 1.41 bits per heavy atom. The van der Waals surface area contributed by atoms with Crippen molar-refractivity contribution in [3.63, 3.8) is 0 Å². The number of nitrogens with one attached hydrogen (secondary N) is 1. The van der Waals surface area contributed by atoms with Crippen LogP contribution in [0.15, 0.2) is 23.1 Å². The van der Waals surface area contributed by atoms with Gasteiger partial charge in [0.1, 0.15) is 5.75 Å². The van der Waals surface area contributed by atoms with Crippen LogP contribution in [0, 0.1) is 0 Å². The first-order valence-corrected chi connectivity index (χ1v) is 6.90. The van der Waals surface area contributed by atoms with E-state index in [2.05, 4.69) is 4.72 Å². The molecule has 0 saturated heterocycles. The van der Waals surface area contributed by atoms with Crippen LogP contribution in [0.1, 0.15) is 18.9 Å². The highest BCUT2D eigenvalue weighted by Gasteiger charge is 2.15. The van der Waals surface area contributed by atoms with Gasteiger partial charge >= 0.3 is 0 Å². The highest BCUT2D eigenvalue weighted by Crippen LogP contribution is 2.21. The number of ether oxygens (including phenoxy) is 1. The Balaban J connectivity index is 3.07. The first kappa shape index (κ1) is 14.0. The van der Waals surface area contributed by atoms with Gasteiger partial charge in [-0.05, 0) is 24.6 Å². The van der Waals surface area contributed by atoms with E-state index in [0.29, 0.717) is 17.9 Å². The van der Waals surface area contributed by atoms with Gasteiger partial charge in [0.25, 0.3) is 0 Å². The second-order valence-electron chi connectivity index (χ2n) is 3.58. The van der Waals surface area contributed by atoms with Crippen molar-refractivity contribution in [1.82, 2.24) is 4.72 Å². The molecule has 96 valence electrons. The molecule has 3 N–H and O–H groups in total. The molecule has 0 heterocycles. The molecule has 0 aromatic heterocycles. The summed E-state index contributed by atoms with van der Waals surface area (Å²) >= 11 is 0. The van der Waals surface area contributed by atoms with Gasteiger partial charge in [0.05, 0.1) is 12.0 Å². The third-order valence-electron chi connectivity index (χ3n) is 2.32. The molecule has 17 heavy (non-hydrogen) atoms. The van der Waals surface area contributed by atoms with Crippen molar-refractivity contribution in [2.24, 2.45) is 5.73 Å². The summed E-state index contributed by atoms with van der Waals surface area (Å²) in [6.07, 6.45) is 0.749. The van der Waals surface area contributed by atoms with Crippen LogP contribution in [-0.2, 0) is 16.6 Å². The van der Waals surface area contributed by atoms with Crippen molar-refractivity contribution < 1.29 is 13.2 Å². The van der Waals surface area contributed by atoms with Gasteiger partial charge in [-0.3, -0.25) is 0 Å². The molecule has 0 saturated carbocycles. The molecule has 0 atom stereocenters. The average Bonchev–Trinajstić information content (AvgIpc) is 2.35. The molecule has 0 amide bonds. The second kappa shape index (κ2) is 6.00. The highest BCUT2D eigenvalue weighted by atomic mass is 32.2. The van der Waals surface area contributed by atoms with Crippen molar-refractivity contribution in [1.29, 1.82) is 0 Å². The fourth-order valence-corrected chi connectivity index (χ4v) is 2.59. The highest BCUT2D eigenvalue weighted by molar-refractivity contribution is 7.89. The van der Waals surface area contributed by atoms with E-state index in [1.165, 1.54) is 19.2 Å². The van der Waals surface area contributed by atoms with Gasteiger partial charge in [-0.25, -0.2) is 13.1 Å². The first-order valence-electron chi connectivity index (χ1n) is 5.41. The van der Waals surface area contributed by atoms with Crippen LogP contribution in [0.25, 0.3) is 0 Å². The van der Waals surface area contributed by atoms with Crippen LogP contribution in [0.4, 0.5) is 0 Å². The molecule has 1 aromatic rings. The van der Waals surface area contributed by atoms with Crippen molar-refractivity contribution in [2.45, 2.75) is 24.8 Å². The molecule has 0 unspecified atom stereocenters. The summed E-state index contributed by atoms with van der Waals surface area (Å²) in [4.78, 5) is 0.215. The van der Waals surface area contributed by atoms with Gasteiger partial charge < -0.3 is 10.5 Å². The lowest BCUT2D eigenvalue weighted by Crippen LogP contribution is -2.24. The maximum atomic E-state index is 11.9. The summed E-state index contributed by atoms with van der Waals surface area (Å²) in [6.45, 7) is 2.56. The standard InChI is InChI=1S/C11H18N2O3S/c1-3-6-13-17(14,15)10-4-5-11(16-2)9(7-10)8-12/h4-5,7,13H,3,6,8,12H2,1-2H3. The normalized spacial score (nSPS) is 11.5. The Kier molecular flexibility index (Phi) is 4.92. The molecule has 1 aromatic carbocycles. The van der Waals surface area contributed by atoms with Crippen LogP contribution < -0.4 is 15.2 Å². The molecule has 0 radical (unpaired) electrons. The molecule has 0 fully saturated rings. The van der Waals surface area contributed by atoms with E-state index in [4.69, 9.17) is 10.5 Å². The molecule has 0 aliphatic rings. The van der Waals surface area contributed by atoms with E-state index >= 15 is 0 Å². The summed E-state index contributed by atoms with van der Waals surface area (Å²) in [6, 6.07) is 4.66. The average molecular weight is 258 g/mol. The SMILES string of the molecule is CCCNS(=O)(=O)c1ccc(OC)c(CN)c1. The Hall–Kier alpha value is -1.11. The van der Waals surface area contributed by atoms with Gasteiger partial charge in [0.2, 0.25) is 10.0 Å². The first-order chi connectivity index (χ1) is 8.05. The molecule has 0 aliphatic carbocycles. The van der Waals surface area contributed by atoms with Crippen LogP contribution in [0.3, 0.4) is 0 Å². The molecule has 0 bridgehead atoms. The fourth-order valence-electron chi connectivity index (χ4n) is 1.40. The molecule has 1 rings (SSSR count). The topological polar surface area (TPSA) is 81.4 Å². The minimum absolute atomic E-state index is 0.215. The lowest BCUT2D eigenvalue weighted by molar-refractivity contribution is 0.409. The quantitative estimate of drug-likeness (QED) is 0.792. The monoisotopic (exact) mass is 258 g/mol. The lowest BCUT2D eigenvalue weighted by Gasteiger charge is -2.10. The van der Waals surface area contributed by atoms with Crippen molar-refractivity contribution in [3.05, 3.63) is 23.8 Å². The van der Waals surface area contributed by atoms with Gasteiger partial charge in [-0.2, -0.15) is 0 Å². The number of nitrogens with two attached hydrogens (primary N) is 1. The lowest BCUT2D eigenvalue weighted by atomic mass is 10.2. The van der Waals surface area contributed by atoms with E-state index in [0.717, 1.165) is 6.42 Å². The van der Waals surface area contributed by atoms with Crippen LogP contribution >= 0.6 is 0 Å². The van der Waals surface area contributed by atoms with Crippen molar-refractivity contribution >= 4 is 10.0 Å². The largest absolute Gasteiger partial charge is 0.496 e. The van der Waals surface area contributed by atoms with Gasteiger partial charge in [0, 0.05) is 18.7 Å². The fraction of sp³-hybridized carbons (Fsp3) is 0.455. The van der Waals surface area contributed by atoms with Gasteiger partial charge in [-0.15, -0.1) is 0 Å². The summed E-state index contributed by atoms with van der Waals surface area (Å²) in [5, 5.41) is 0. The van der Waals surface area contributed by atoms with E-state index in [-0.39, 0.29) is 11.4 Å². The molecular formula is C11H18N2O3S. The van der Waals surface area contributed by atoms with Gasteiger partial charge in [-0.1, -0.05) is 6.92 Å². The van der Waals surface area contributed by atoms with E-state index in [9.17, 15) is 8.42 Å². The zero-order valence-electron chi connectivity index (χ0n) is 10.1. The molecule has 6 heteroatoms. The van der Waals surface area contributed by atoms with Crippen molar-refractivity contribution in [3.8, 4) is 5.75 Å². The number of rotatable bonds is 6. The van der Waals surface area contributed by atoms with Crippen molar-refractivity contribution in [2.75, 3.05) is 13.7 Å². The van der Waals surface area contributed by atoms with Crippen LogP contribution in [-0.4, -0.2) is 22.1 Å². The smallest absolute Gasteiger partial charge is 0.240 e. The second-order valence-corrected chi connectivity index (χ2v) is 5.34. The third kappa shape index (κ3) is 3.42. The number of benzene rings is 1. The molecule has 5 nitrogen and oxygen atoms in total. The van der Waals surface area contributed by atoms with E-state index in [1.807, 2.05) is 6.92 Å².